The molecule has 0 bridgehead atoms. The predicted molar refractivity (Wildman–Crippen MR) is 107 cm³/mol. The van der Waals surface area contributed by atoms with Gasteiger partial charge in [-0.2, -0.15) is 0 Å². The summed E-state index contributed by atoms with van der Waals surface area (Å²) in [7, 11) is 0. The van der Waals surface area contributed by atoms with Gasteiger partial charge in [-0.05, 0) is 12.3 Å². The largest absolute Gasteiger partial charge is 0.391 e. The number of hydrogen-bond donors (Lipinski definition) is 2. The van der Waals surface area contributed by atoms with Crippen LogP contribution in [0.1, 0.15) is 116 Å². The van der Waals surface area contributed by atoms with Gasteiger partial charge in [-0.15, -0.1) is 0 Å². The van der Waals surface area contributed by atoms with Gasteiger partial charge in [0.2, 0.25) is 0 Å². The van der Waals surface area contributed by atoms with Crippen LogP contribution in [0.5, 0.6) is 0 Å². The van der Waals surface area contributed by atoms with Crippen LogP contribution in [0.2, 0.25) is 0 Å². The minimum Gasteiger partial charge on any atom is -0.391 e. The fraction of sp³-hybridized carbons (Fsp3) is 1.00. The van der Waals surface area contributed by atoms with E-state index in [1.165, 1.54) is 109 Å². The van der Waals surface area contributed by atoms with Crippen molar-refractivity contribution in [3.63, 3.8) is 0 Å². The first-order valence-corrected chi connectivity index (χ1v) is 11.2. The molecule has 0 aromatic heterocycles. The summed E-state index contributed by atoms with van der Waals surface area (Å²) < 4.78 is 0. The van der Waals surface area contributed by atoms with Crippen LogP contribution in [0.4, 0.5) is 0 Å². The molecule has 2 atom stereocenters. The Hall–Kier alpha value is -0.0800. The molecule has 0 aromatic carbocycles. The van der Waals surface area contributed by atoms with Crippen molar-refractivity contribution in [3.05, 3.63) is 0 Å². The Kier molecular flexibility index (Phi) is 15.0. The van der Waals surface area contributed by atoms with E-state index in [1.54, 1.807) is 0 Å². The zero-order chi connectivity index (χ0) is 17.3. The highest BCUT2D eigenvalue weighted by Crippen LogP contribution is 2.18. The maximum Gasteiger partial charge on any atom is 0.0704 e. The molecule has 24 heavy (non-hydrogen) atoms. The summed E-state index contributed by atoms with van der Waals surface area (Å²) in [6.07, 6.45) is 24.0. The third-order valence-corrected chi connectivity index (χ3v) is 5.73. The summed E-state index contributed by atoms with van der Waals surface area (Å²) in [5.74, 6) is 0.525. The van der Waals surface area contributed by atoms with Crippen molar-refractivity contribution in [1.29, 1.82) is 0 Å². The molecule has 2 nitrogen and oxygen atoms in total. The van der Waals surface area contributed by atoms with Gasteiger partial charge < -0.3 is 10.4 Å². The number of hydrogen-bond acceptors (Lipinski definition) is 2. The highest BCUT2D eigenvalue weighted by Gasteiger charge is 2.23. The Balaban J connectivity index is 1.67. The number of aliphatic hydroxyl groups is 1. The van der Waals surface area contributed by atoms with E-state index in [1.807, 2.05) is 0 Å². The van der Waals surface area contributed by atoms with Gasteiger partial charge >= 0.3 is 0 Å². The van der Waals surface area contributed by atoms with Gasteiger partial charge in [0.1, 0.15) is 0 Å². The highest BCUT2D eigenvalue weighted by molar-refractivity contribution is 4.79. The molecule has 144 valence electrons. The lowest BCUT2D eigenvalue weighted by atomic mass is 9.97. The lowest BCUT2D eigenvalue weighted by Gasteiger charge is -2.12. The first-order chi connectivity index (χ1) is 11.8. The van der Waals surface area contributed by atoms with Gasteiger partial charge in [-0.3, -0.25) is 0 Å². The Morgan fingerprint density at radius 2 is 1.04 bits per heavy atom. The molecule has 2 unspecified atom stereocenters. The molecule has 2 heteroatoms. The molecule has 0 saturated carbocycles. The van der Waals surface area contributed by atoms with Crippen molar-refractivity contribution in [2.75, 3.05) is 13.1 Å². The van der Waals surface area contributed by atoms with Crippen molar-refractivity contribution in [2.45, 2.75) is 122 Å². The fourth-order valence-electron chi connectivity index (χ4n) is 3.97. The second-order valence-electron chi connectivity index (χ2n) is 8.08. The first-order valence-electron chi connectivity index (χ1n) is 11.2. The van der Waals surface area contributed by atoms with Crippen LogP contribution in [0.25, 0.3) is 0 Å². The topological polar surface area (TPSA) is 32.3 Å². The van der Waals surface area contributed by atoms with Crippen molar-refractivity contribution in [1.82, 2.24) is 5.32 Å². The SMILES string of the molecule is CCCCCCCCCCCCCCCCCCC1CNCC1O. The normalized spacial score (nSPS) is 20.8. The summed E-state index contributed by atoms with van der Waals surface area (Å²) in [5.41, 5.74) is 0. The fourth-order valence-corrected chi connectivity index (χ4v) is 3.97. The average molecular weight is 340 g/mol. The quantitative estimate of drug-likeness (QED) is 0.308. The molecule has 0 amide bonds. The minimum absolute atomic E-state index is 0.0821. The van der Waals surface area contributed by atoms with Crippen molar-refractivity contribution in [2.24, 2.45) is 5.92 Å². The molecular formula is C22H45NO. The molecule has 1 saturated heterocycles. The molecular weight excluding hydrogens is 294 g/mol. The van der Waals surface area contributed by atoms with E-state index in [0.717, 1.165) is 13.1 Å². The third-order valence-electron chi connectivity index (χ3n) is 5.73. The van der Waals surface area contributed by atoms with E-state index in [2.05, 4.69) is 12.2 Å². The Labute approximate surface area is 152 Å². The second-order valence-corrected chi connectivity index (χ2v) is 8.08. The van der Waals surface area contributed by atoms with Crippen molar-refractivity contribution in [3.8, 4) is 0 Å². The second kappa shape index (κ2) is 16.4. The first kappa shape index (κ1) is 22.0. The summed E-state index contributed by atoms with van der Waals surface area (Å²) in [4.78, 5) is 0. The summed E-state index contributed by atoms with van der Waals surface area (Å²) in [6, 6.07) is 0. The van der Waals surface area contributed by atoms with Crippen LogP contribution in [0, 0.1) is 5.92 Å². The molecule has 0 radical (unpaired) electrons. The van der Waals surface area contributed by atoms with E-state index in [0.29, 0.717) is 5.92 Å². The third kappa shape index (κ3) is 12.3. The van der Waals surface area contributed by atoms with E-state index in [9.17, 15) is 5.11 Å². The monoisotopic (exact) mass is 339 g/mol. The van der Waals surface area contributed by atoms with Gasteiger partial charge in [0.25, 0.3) is 0 Å². The summed E-state index contributed by atoms with van der Waals surface area (Å²) in [6.45, 7) is 4.13. The number of aliphatic hydroxyl groups excluding tert-OH is 1. The van der Waals surface area contributed by atoms with E-state index in [4.69, 9.17) is 0 Å². The van der Waals surface area contributed by atoms with Crippen LogP contribution in [0.15, 0.2) is 0 Å². The van der Waals surface area contributed by atoms with Crippen LogP contribution < -0.4 is 5.32 Å². The molecule has 0 spiro atoms. The Bertz CT molecular complexity index is 256. The van der Waals surface area contributed by atoms with E-state index in [-0.39, 0.29) is 6.10 Å². The lowest BCUT2D eigenvalue weighted by molar-refractivity contribution is 0.141. The number of β-amino-alcohol motifs (C(OH)–C–C–N with tert-alkyl or cyclic N) is 1. The van der Waals surface area contributed by atoms with Crippen LogP contribution in [-0.4, -0.2) is 24.3 Å². The predicted octanol–water partition coefficient (Wildman–Crippen LogP) is 6.22. The maximum absolute atomic E-state index is 9.75. The van der Waals surface area contributed by atoms with Gasteiger partial charge in [-0.25, -0.2) is 0 Å². The number of nitrogens with one attached hydrogen (secondary N) is 1. The molecule has 0 aromatic rings. The standard InChI is InChI=1S/C22H45NO/c1-2-3-4-5-6-7-8-9-10-11-12-13-14-15-16-17-18-21-19-23-20-22(21)24/h21-24H,2-20H2,1H3. The minimum atomic E-state index is -0.0821. The Morgan fingerprint density at radius 1 is 0.625 bits per heavy atom. The van der Waals surface area contributed by atoms with E-state index >= 15 is 0 Å². The molecule has 1 aliphatic rings. The van der Waals surface area contributed by atoms with Crippen LogP contribution >= 0.6 is 0 Å². The lowest BCUT2D eigenvalue weighted by Crippen LogP contribution is -2.17. The molecule has 2 N–H and O–H groups in total. The van der Waals surface area contributed by atoms with Gasteiger partial charge in [-0.1, -0.05) is 110 Å². The number of rotatable bonds is 17. The van der Waals surface area contributed by atoms with Crippen LogP contribution in [0.3, 0.4) is 0 Å². The smallest absolute Gasteiger partial charge is 0.0704 e. The average Bonchev–Trinajstić information content (AvgIpc) is 2.99. The summed E-state index contributed by atoms with van der Waals surface area (Å²) >= 11 is 0. The zero-order valence-corrected chi connectivity index (χ0v) is 16.5. The van der Waals surface area contributed by atoms with Gasteiger partial charge in [0, 0.05) is 13.1 Å². The molecule has 1 aliphatic heterocycles. The molecule has 0 aliphatic carbocycles. The van der Waals surface area contributed by atoms with Crippen molar-refractivity contribution >= 4 is 0 Å². The van der Waals surface area contributed by atoms with Gasteiger partial charge in [0.15, 0.2) is 0 Å². The zero-order valence-electron chi connectivity index (χ0n) is 16.5. The summed E-state index contributed by atoms with van der Waals surface area (Å²) in [5, 5.41) is 13.0. The number of unbranched alkanes of at least 4 members (excludes halogenated alkanes) is 15. The van der Waals surface area contributed by atoms with E-state index < -0.39 is 0 Å². The maximum atomic E-state index is 9.75. The highest BCUT2D eigenvalue weighted by atomic mass is 16.3. The molecule has 1 rings (SSSR count). The Morgan fingerprint density at radius 3 is 1.42 bits per heavy atom. The van der Waals surface area contributed by atoms with Gasteiger partial charge in [0.05, 0.1) is 6.10 Å². The van der Waals surface area contributed by atoms with Crippen molar-refractivity contribution < 1.29 is 5.11 Å². The molecule has 1 heterocycles. The molecule has 1 fully saturated rings. The van der Waals surface area contributed by atoms with Crippen LogP contribution in [-0.2, 0) is 0 Å².